The molecule has 6 nitrogen and oxygen atoms in total. The molecule has 0 saturated heterocycles. The van der Waals surface area contributed by atoms with E-state index in [0.717, 1.165) is 132 Å². The van der Waals surface area contributed by atoms with Gasteiger partial charge in [-0.15, -0.1) is 0 Å². The van der Waals surface area contributed by atoms with Crippen LogP contribution in [0.3, 0.4) is 0 Å². The molecule has 6 aromatic rings. The molecule has 0 bridgehead atoms. The molecule has 0 aliphatic heterocycles. The molecule has 0 amide bonds. The minimum Gasteiger partial charge on any atom is -0.493 e. The molecular formula is C57H68Br2O6. The lowest BCUT2D eigenvalue weighted by Gasteiger charge is -2.33. The second-order valence-corrected chi connectivity index (χ2v) is 20.1. The van der Waals surface area contributed by atoms with Gasteiger partial charge in [-0.05, 0) is 133 Å². The maximum Gasteiger partial charge on any atom is 0.336 e. The van der Waals surface area contributed by atoms with Gasteiger partial charge in [0.1, 0.15) is 22.7 Å². The van der Waals surface area contributed by atoms with Gasteiger partial charge in [0, 0.05) is 49.4 Å². The van der Waals surface area contributed by atoms with Gasteiger partial charge < -0.3 is 18.3 Å². The van der Waals surface area contributed by atoms with Crippen molar-refractivity contribution < 1.29 is 18.3 Å². The summed E-state index contributed by atoms with van der Waals surface area (Å²) < 4.78 is 25.9. The minimum atomic E-state index is -0.290. The van der Waals surface area contributed by atoms with Crippen molar-refractivity contribution in [3.8, 4) is 22.6 Å². The number of aryl methyl sites for hydroxylation is 2. The molecule has 0 N–H and O–H groups in total. The van der Waals surface area contributed by atoms with E-state index < -0.39 is 0 Å². The van der Waals surface area contributed by atoms with Gasteiger partial charge in [-0.2, -0.15) is 0 Å². The van der Waals surface area contributed by atoms with Crippen LogP contribution in [0, 0.1) is 0 Å². The third-order valence-corrected chi connectivity index (χ3v) is 14.5. The number of rotatable bonds is 28. The number of hydrogen-bond donors (Lipinski definition) is 0. The molecule has 4 aromatic carbocycles. The summed E-state index contributed by atoms with van der Waals surface area (Å²) in [7, 11) is 0. The SMILES string of the molecule is CCCCCCCc1cc(=O)oc2cc(OCCCCCCC3(CCCCCCOc4ccc5c(CCCCCCC)cc(=O)oc5c4)c4cc(Br)ccc4-c4ccc(Br)cc43)ccc12. The van der Waals surface area contributed by atoms with Crippen LogP contribution in [-0.4, -0.2) is 13.2 Å². The fraction of sp³-hybridized carbons (Fsp3) is 0.474. The standard InChI is InChI=1S/C57H68Br2O6/c1-3-5-7-9-15-21-41-35-55(60)64-53-39-45(25-29-47(41)53)62-33-19-13-11-17-31-57(51-37-43(58)23-27-49(51)50-28-24-44(59)38-52(50)57)32-18-12-14-20-34-63-46-26-30-48-42(22-16-10-8-6-4-2)36-56(61)65-54(48)40-46/h23-30,35-40H,3-22,31-34H2,1-2H3. The van der Waals surface area contributed by atoms with Crippen LogP contribution in [-0.2, 0) is 18.3 Å². The highest BCUT2D eigenvalue weighted by Gasteiger charge is 2.42. The van der Waals surface area contributed by atoms with E-state index in [9.17, 15) is 9.59 Å². The Kier molecular flexibility index (Phi) is 18.4. The number of hydrogen-bond acceptors (Lipinski definition) is 6. The monoisotopic (exact) mass is 1010 g/mol. The number of fused-ring (bicyclic) bond motifs is 5. The van der Waals surface area contributed by atoms with E-state index in [1.807, 2.05) is 24.3 Å². The van der Waals surface area contributed by atoms with Crippen molar-refractivity contribution in [3.05, 3.63) is 137 Å². The van der Waals surface area contributed by atoms with Crippen LogP contribution in [0.2, 0.25) is 0 Å². The van der Waals surface area contributed by atoms with Crippen molar-refractivity contribution in [2.75, 3.05) is 13.2 Å². The summed E-state index contributed by atoms with van der Waals surface area (Å²) >= 11 is 7.66. The van der Waals surface area contributed by atoms with Gasteiger partial charge in [-0.1, -0.05) is 148 Å². The third-order valence-electron chi connectivity index (χ3n) is 13.5. The summed E-state index contributed by atoms with van der Waals surface area (Å²) in [5, 5.41) is 2.02. The average molecular weight is 1010 g/mol. The molecule has 0 fully saturated rings. The number of halogens is 2. The maximum absolute atomic E-state index is 12.4. The zero-order valence-electron chi connectivity index (χ0n) is 38.8. The van der Waals surface area contributed by atoms with E-state index in [0.29, 0.717) is 24.4 Å². The lowest BCUT2D eigenvalue weighted by atomic mass is 9.70. The Balaban J connectivity index is 0.907. The van der Waals surface area contributed by atoms with Crippen LogP contribution in [0.25, 0.3) is 33.1 Å². The molecule has 7 rings (SSSR count). The normalized spacial score (nSPS) is 12.8. The second kappa shape index (κ2) is 24.6. The third kappa shape index (κ3) is 13.1. The van der Waals surface area contributed by atoms with E-state index in [-0.39, 0.29) is 16.7 Å². The summed E-state index contributed by atoms with van der Waals surface area (Å²) in [6.45, 7) is 5.72. The Labute approximate surface area is 403 Å². The molecule has 1 aliphatic carbocycles. The first-order valence-corrected chi connectivity index (χ1v) is 26.4. The molecular weight excluding hydrogens is 940 g/mol. The smallest absolute Gasteiger partial charge is 0.336 e. The van der Waals surface area contributed by atoms with Gasteiger partial charge in [0.25, 0.3) is 0 Å². The Hall–Kier alpha value is -4.14. The first-order chi connectivity index (χ1) is 31.8. The van der Waals surface area contributed by atoms with Crippen LogP contribution in [0.4, 0.5) is 0 Å². The molecule has 8 heteroatoms. The lowest BCUT2D eigenvalue weighted by Crippen LogP contribution is -2.25. The highest BCUT2D eigenvalue weighted by atomic mass is 79.9. The summed E-state index contributed by atoms with van der Waals surface area (Å²) in [4.78, 5) is 24.8. The molecule has 0 atom stereocenters. The Morgan fingerprint density at radius 1 is 0.462 bits per heavy atom. The van der Waals surface area contributed by atoms with E-state index in [2.05, 4.69) is 94.2 Å². The number of benzene rings is 4. The molecule has 65 heavy (non-hydrogen) atoms. The first-order valence-electron chi connectivity index (χ1n) is 24.8. The molecule has 0 saturated carbocycles. The predicted molar refractivity (Wildman–Crippen MR) is 275 cm³/mol. The molecule has 0 radical (unpaired) electrons. The Morgan fingerprint density at radius 2 is 0.877 bits per heavy atom. The molecule has 0 spiro atoms. The van der Waals surface area contributed by atoms with Crippen molar-refractivity contribution in [2.45, 2.75) is 161 Å². The first kappa shape index (κ1) is 48.8. The van der Waals surface area contributed by atoms with Crippen LogP contribution < -0.4 is 20.7 Å². The molecule has 2 aromatic heterocycles. The zero-order chi connectivity index (χ0) is 45.4. The van der Waals surface area contributed by atoms with Crippen molar-refractivity contribution in [2.24, 2.45) is 0 Å². The molecule has 0 unspecified atom stereocenters. The van der Waals surface area contributed by atoms with Gasteiger partial charge in [0.05, 0.1) is 13.2 Å². The maximum atomic E-state index is 12.4. The van der Waals surface area contributed by atoms with Crippen LogP contribution in [0.1, 0.15) is 165 Å². The van der Waals surface area contributed by atoms with E-state index in [4.69, 9.17) is 18.3 Å². The van der Waals surface area contributed by atoms with Gasteiger partial charge in [0.2, 0.25) is 0 Å². The average Bonchev–Trinajstić information content (AvgIpc) is 3.54. The van der Waals surface area contributed by atoms with E-state index in [1.54, 1.807) is 12.1 Å². The second-order valence-electron chi connectivity index (χ2n) is 18.3. The van der Waals surface area contributed by atoms with Crippen molar-refractivity contribution in [1.29, 1.82) is 0 Å². The largest absolute Gasteiger partial charge is 0.493 e. The minimum absolute atomic E-state index is 0.0576. The highest BCUT2D eigenvalue weighted by molar-refractivity contribution is 9.10. The van der Waals surface area contributed by atoms with Gasteiger partial charge >= 0.3 is 11.3 Å². The lowest BCUT2D eigenvalue weighted by molar-refractivity contribution is 0.300. The fourth-order valence-corrected chi connectivity index (χ4v) is 10.8. The van der Waals surface area contributed by atoms with Crippen molar-refractivity contribution in [1.82, 2.24) is 0 Å². The fourth-order valence-electron chi connectivity index (χ4n) is 10.1. The quantitative estimate of drug-likeness (QED) is 0.0360. The molecule has 2 heterocycles. The molecule has 1 aliphatic rings. The van der Waals surface area contributed by atoms with E-state index >= 15 is 0 Å². The highest BCUT2D eigenvalue weighted by Crippen LogP contribution is 2.55. The van der Waals surface area contributed by atoms with Crippen molar-refractivity contribution >= 4 is 53.8 Å². The van der Waals surface area contributed by atoms with Crippen molar-refractivity contribution in [3.63, 3.8) is 0 Å². The predicted octanol–water partition coefficient (Wildman–Crippen LogP) is 16.8. The number of unbranched alkanes of at least 4 members (excludes halogenated alkanes) is 14. The van der Waals surface area contributed by atoms with Gasteiger partial charge in [-0.3, -0.25) is 0 Å². The summed E-state index contributed by atoms with van der Waals surface area (Å²) in [5.41, 5.74) is 8.33. The summed E-state index contributed by atoms with van der Waals surface area (Å²) in [6.07, 6.45) is 24.6. The Bertz CT molecular complexity index is 2410. The van der Waals surface area contributed by atoms with E-state index in [1.165, 1.54) is 73.6 Å². The Morgan fingerprint density at radius 3 is 1.32 bits per heavy atom. The summed E-state index contributed by atoms with van der Waals surface area (Å²) in [5.74, 6) is 1.50. The number of ether oxygens (including phenoxy) is 2. The topological polar surface area (TPSA) is 78.9 Å². The summed E-state index contributed by atoms with van der Waals surface area (Å²) in [6, 6.07) is 28.9. The van der Waals surface area contributed by atoms with Crippen LogP contribution in [0.15, 0.2) is 112 Å². The van der Waals surface area contributed by atoms with Gasteiger partial charge in [-0.25, -0.2) is 9.59 Å². The molecule has 346 valence electrons. The van der Waals surface area contributed by atoms with Gasteiger partial charge in [0.15, 0.2) is 0 Å². The zero-order valence-corrected chi connectivity index (χ0v) is 41.9. The van der Waals surface area contributed by atoms with Crippen LogP contribution in [0.5, 0.6) is 11.5 Å². The van der Waals surface area contributed by atoms with Crippen LogP contribution >= 0.6 is 31.9 Å².